The van der Waals surface area contributed by atoms with E-state index in [9.17, 15) is 0 Å². The minimum absolute atomic E-state index is 0.480. The normalized spacial score (nSPS) is 18.5. The van der Waals surface area contributed by atoms with Crippen LogP contribution in [0.15, 0.2) is 22.7 Å². The smallest absolute Gasteiger partial charge is 0.0548 e. The molecule has 1 aliphatic carbocycles. The Kier molecular flexibility index (Phi) is 6.18. The molecule has 0 spiro atoms. The molecule has 3 heteroatoms. The summed E-state index contributed by atoms with van der Waals surface area (Å²) in [5.74, 6) is 0.772. The molecule has 1 aromatic carbocycles. The molecule has 0 bridgehead atoms. The summed E-state index contributed by atoms with van der Waals surface area (Å²) in [6.45, 7) is 3.31. The van der Waals surface area contributed by atoms with Gasteiger partial charge in [-0.25, -0.2) is 0 Å². The van der Waals surface area contributed by atoms with Crippen LogP contribution in [0.3, 0.4) is 0 Å². The van der Waals surface area contributed by atoms with Crippen molar-refractivity contribution in [3.8, 4) is 0 Å². The summed E-state index contributed by atoms with van der Waals surface area (Å²) in [5, 5.41) is 4.53. The van der Waals surface area contributed by atoms with Crippen LogP contribution in [0.5, 0.6) is 0 Å². The Morgan fingerprint density at radius 2 is 2.05 bits per heavy atom. The van der Waals surface area contributed by atoms with Crippen molar-refractivity contribution >= 4 is 27.5 Å². The summed E-state index contributed by atoms with van der Waals surface area (Å²) in [4.78, 5) is 0. The third-order valence-corrected chi connectivity index (χ3v) is 5.25. The lowest BCUT2D eigenvalue weighted by Gasteiger charge is -2.31. The third kappa shape index (κ3) is 4.21. The first kappa shape index (κ1) is 15.3. The maximum absolute atomic E-state index is 6.11. The topological polar surface area (TPSA) is 12.0 Å². The van der Waals surface area contributed by atoms with Gasteiger partial charge in [0.15, 0.2) is 0 Å². The minimum atomic E-state index is 0.480. The molecule has 1 aliphatic rings. The molecular formula is C16H23BrClN. The summed E-state index contributed by atoms with van der Waals surface area (Å²) in [5.41, 5.74) is 1.37. The van der Waals surface area contributed by atoms with Gasteiger partial charge in [-0.2, -0.15) is 0 Å². The second kappa shape index (κ2) is 7.66. The van der Waals surface area contributed by atoms with E-state index in [2.05, 4.69) is 40.3 Å². The van der Waals surface area contributed by atoms with Crippen LogP contribution >= 0.6 is 27.5 Å². The van der Waals surface area contributed by atoms with Gasteiger partial charge in [-0.05, 0) is 65.4 Å². The Hall–Kier alpha value is -0.0500. The zero-order chi connectivity index (χ0) is 13.7. The maximum atomic E-state index is 6.11. The van der Waals surface area contributed by atoms with Crippen molar-refractivity contribution in [2.24, 2.45) is 5.92 Å². The van der Waals surface area contributed by atoms with E-state index in [1.165, 1.54) is 44.1 Å². The monoisotopic (exact) mass is 343 g/mol. The fraction of sp³-hybridized carbons (Fsp3) is 0.625. The Morgan fingerprint density at radius 1 is 1.32 bits per heavy atom. The molecule has 0 saturated heterocycles. The summed E-state index contributed by atoms with van der Waals surface area (Å²) in [6, 6.07) is 6.85. The summed E-state index contributed by atoms with van der Waals surface area (Å²) < 4.78 is 1.01. The maximum Gasteiger partial charge on any atom is 0.0548 e. The van der Waals surface area contributed by atoms with Crippen molar-refractivity contribution in [1.29, 1.82) is 0 Å². The molecule has 1 saturated carbocycles. The van der Waals surface area contributed by atoms with Crippen molar-refractivity contribution < 1.29 is 0 Å². The molecule has 0 radical (unpaired) electrons. The quantitative estimate of drug-likeness (QED) is 0.720. The van der Waals surface area contributed by atoms with Crippen LogP contribution in [-0.4, -0.2) is 6.54 Å². The van der Waals surface area contributed by atoms with Gasteiger partial charge in [0, 0.05) is 10.5 Å². The molecule has 0 aromatic heterocycles. The molecule has 2 rings (SSSR count). The summed E-state index contributed by atoms with van der Waals surface area (Å²) >= 11 is 9.66. The van der Waals surface area contributed by atoms with Crippen molar-refractivity contribution in [1.82, 2.24) is 5.32 Å². The van der Waals surface area contributed by atoms with Crippen molar-refractivity contribution in [3.05, 3.63) is 33.3 Å². The number of hydrogen-bond acceptors (Lipinski definition) is 1. The van der Waals surface area contributed by atoms with Crippen LogP contribution in [0.1, 0.15) is 57.1 Å². The highest BCUT2D eigenvalue weighted by Crippen LogP contribution is 2.36. The van der Waals surface area contributed by atoms with Gasteiger partial charge >= 0.3 is 0 Å². The molecule has 0 heterocycles. The summed E-state index contributed by atoms with van der Waals surface area (Å²) in [6.07, 6.45) is 8.04. The largest absolute Gasteiger partial charge is 0.310 e. The van der Waals surface area contributed by atoms with E-state index in [1.54, 1.807) is 0 Å². The lowest BCUT2D eigenvalue weighted by Crippen LogP contribution is -2.30. The molecule has 0 amide bonds. The van der Waals surface area contributed by atoms with E-state index in [0.29, 0.717) is 6.04 Å². The SMILES string of the molecule is CCCNC(c1ccc(Cl)c(Br)c1)C1CCCCC1. The highest BCUT2D eigenvalue weighted by Gasteiger charge is 2.24. The van der Waals surface area contributed by atoms with Gasteiger partial charge in [-0.1, -0.05) is 43.9 Å². The predicted octanol–water partition coefficient (Wildman–Crippen LogP) is 5.72. The van der Waals surface area contributed by atoms with Gasteiger partial charge in [0.1, 0.15) is 0 Å². The Balaban J connectivity index is 2.17. The Morgan fingerprint density at radius 3 is 2.68 bits per heavy atom. The zero-order valence-corrected chi connectivity index (χ0v) is 13.9. The van der Waals surface area contributed by atoms with E-state index in [0.717, 1.165) is 22.0 Å². The molecule has 1 nitrogen and oxygen atoms in total. The Labute approximate surface area is 130 Å². The average Bonchev–Trinajstić information content (AvgIpc) is 2.44. The first-order valence-electron chi connectivity index (χ1n) is 7.40. The van der Waals surface area contributed by atoms with Crippen molar-refractivity contribution in [2.75, 3.05) is 6.54 Å². The molecule has 1 fully saturated rings. The van der Waals surface area contributed by atoms with Gasteiger partial charge in [-0.3, -0.25) is 0 Å². The Bertz CT molecular complexity index is 402. The lowest BCUT2D eigenvalue weighted by atomic mass is 9.81. The van der Waals surface area contributed by atoms with E-state index < -0.39 is 0 Å². The van der Waals surface area contributed by atoms with Crippen LogP contribution in [-0.2, 0) is 0 Å². The summed E-state index contributed by atoms with van der Waals surface area (Å²) in [7, 11) is 0. The van der Waals surface area contributed by atoms with Gasteiger partial charge in [0.25, 0.3) is 0 Å². The van der Waals surface area contributed by atoms with Crippen LogP contribution in [0, 0.1) is 5.92 Å². The predicted molar refractivity (Wildman–Crippen MR) is 86.8 cm³/mol. The standard InChI is InChI=1S/C16H23BrClN/c1-2-10-19-16(12-6-4-3-5-7-12)13-8-9-15(18)14(17)11-13/h8-9,11-12,16,19H,2-7,10H2,1H3. The van der Waals surface area contributed by atoms with Gasteiger partial charge in [-0.15, -0.1) is 0 Å². The molecular weight excluding hydrogens is 322 g/mol. The van der Waals surface area contributed by atoms with E-state index in [1.807, 2.05) is 6.07 Å². The average molecular weight is 345 g/mol. The van der Waals surface area contributed by atoms with Crippen molar-refractivity contribution in [3.63, 3.8) is 0 Å². The number of halogens is 2. The molecule has 1 aromatic rings. The second-order valence-electron chi connectivity index (χ2n) is 5.50. The lowest BCUT2D eigenvalue weighted by molar-refractivity contribution is 0.272. The van der Waals surface area contributed by atoms with Gasteiger partial charge in [0.2, 0.25) is 0 Å². The highest BCUT2D eigenvalue weighted by atomic mass is 79.9. The van der Waals surface area contributed by atoms with Crippen LogP contribution < -0.4 is 5.32 Å². The van der Waals surface area contributed by atoms with E-state index >= 15 is 0 Å². The molecule has 1 N–H and O–H groups in total. The fourth-order valence-corrected chi connectivity index (χ4v) is 3.54. The van der Waals surface area contributed by atoms with Crippen molar-refractivity contribution in [2.45, 2.75) is 51.5 Å². The first-order chi connectivity index (χ1) is 9.22. The molecule has 0 aliphatic heterocycles. The van der Waals surface area contributed by atoms with Crippen LogP contribution in [0.2, 0.25) is 5.02 Å². The first-order valence-corrected chi connectivity index (χ1v) is 8.57. The minimum Gasteiger partial charge on any atom is -0.310 e. The number of nitrogens with one attached hydrogen (secondary N) is 1. The van der Waals surface area contributed by atoms with Gasteiger partial charge in [0.05, 0.1) is 5.02 Å². The highest BCUT2D eigenvalue weighted by molar-refractivity contribution is 9.10. The third-order valence-electron chi connectivity index (χ3n) is 4.04. The van der Waals surface area contributed by atoms with Crippen LogP contribution in [0.25, 0.3) is 0 Å². The van der Waals surface area contributed by atoms with E-state index in [4.69, 9.17) is 11.6 Å². The molecule has 106 valence electrons. The zero-order valence-electron chi connectivity index (χ0n) is 11.6. The second-order valence-corrected chi connectivity index (χ2v) is 6.76. The molecule has 1 unspecified atom stereocenters. The molecule has 1 atom stereocenters. The fourth-order valence-electron chi connectivity index (χ4n) is 3.03. The van der Waals surface area contributed by atoms with Gasteiger partial charge < -0.3 is 5.32 Å². The van der Waals surface area contributed by atoms with E-state index in [-0.39, 0.29) is 0 Å². The number of hydrogen-bond donors (Lipinski definition) is 1. The number of benzene rings is 1. The number of rotatable bonds is 5. The molecule has 19 heavy (non-hydrogen) atoms. The van der Waals surface area contributed by atoms with Crippen LogP contribution in [0.4, 0.5) is 0 Å².